The lowest BCUT2D eigenvalue weighted by Gasteiger charge is -2.14. The van der Waals surface area contributed by atoms with E-state index in [0.29, 0.717) is 16.9 Å². The van der Waals surface area contributed by atoms with Crippen LogP contribution in [0.3, 0.4) is 0 Å². The van der Waals surface area contributed by atoms with Crippen molar-refractivity contribution in [3.8, 4) is 0 Å². The number of hydrogen-bond acceptors (Lipinski definition) is 3. The number of hydrogen-bond donors (Lipinski definition) is 0. The average Bonchev–Trinajstić information content (AvgIpc) is 2.93. The molecule has 0 atom stereocenters. The lowest BCUT2D eigenvalue weighted by atomic mass is 10.1. The van der Waals surface area contributed by atoms with Gasteiger partial charge in [0.15, 0.2) is 0 Å². The van der Waals surface area contributed by atoms with Crippen LogP contribution in [0.2, 0.25) is 0 Å². The summed E-state index contributed by atoms with van der Waals surface area (Å²) in [5.41, 5.74) is 1.34. The third-order valence-electron chi connectivity index (χ3n) is 3.40. The molecule has 2 aromatic heterocycles. The summed E-state index contributed by atoms with van der Waals surface area (Å²) in [4.78, 5) is 30.9. The summed E-state index contributed by atoms with van der Waals surface area (Å²) in [5, 5.41) is 0.761. The van der Waals surface area contributed by atoms with Crippen LogP contribution in [0, 0.1) is 0 Å². The molecule has 5 nitrogen and oxygen atoms in total. The Hall–Kier alpha value is -2.95. The Kier molecular flexibility index (Phi) is 3.47. The maximum Gasteiger partial charge on any atom is 0.329 e. The first-order chi connectivity index (χ1) is 10.6. The van der Waals surface area contributed by atoms with Crippen LogP contribution in [-0.2, 0) is 0 Å². The quantitative estimate of drug-likeness (QED) is 0.683. The first-order valence-electron chi connectivity index (χ1n) is 6.87. The standard InChI is InChI=1S/C17H15N3O2/c1-19(2)17(22)20-14(11-13-9-6-10-18-16(13)20)15(21)12-7-4-3-5-8-12/h3-11H,1-2H3. The van der Waals surface area contributed by atoms with Gasteiger partial charge in [0.25, 0.3) is 0 Å². The molecule has 3 aromatic rings. The van der Waals surface area contributed by atoms with Crippen LogP contribution >= 0.6 is 0 Å². The van der Waals surface area contributed by atoms with Gasteiger partial charge >= 0.3 is 6.03 Å². The monoisotopic (exact) mass is 293 g/mol. The molecule has 0 radical (unpaired) electrons. The maximum atomic E-state index is 12.7. The second kappa shape index (κ2) is 5.44. The number of benzene rings is 1. The Morgan fingerprint density at radius 1 is 1.05 bits per heavy atom. The van der Waals surface area contributed by atoms with E-state index >= 15 is 0 Å². The lowest BCUT2D eigenvalue weighted by molar-refractivity contribution is 0.103. The molecule has 5 heteroatoms. The topological polar surface area (TPSA) is 55.2 Å². The summed E-state index contributed by atoms with van der Waals surface area (Å²) in [6.45, 7) is 0. The molecule has 2 heterocycles. The van der Waals surface area contributed by atoms with E-state index in [-0.39, 0.29) is 11.8 Å². The molecule has 3 rings (SSSR count). The molecule has 22 heavy (non-hydrogen) atoms. The van der Waals surface area contributed by atoms with Gasteiger partial charge in [0.05, 0.1) is 0 Å². The number of carbonyl (C=O) groups excluding carboxylic acids is 2. The van der Waals surface area contributed by atoms with Gasteiger partial charge < -0.3 is 4.90 Å². The molecule has 0 aliphatic rings. The van der Waals surface area contributed by atoms with E-state index in [0.717, 1.165) is 5.39 Å². The van der Waals surface area contributed by atoms with Crippen molar-refractivity contribution in [2.75, 3.05) is 14.1 Å². The Morgan fingerprint density at radius 2 is 1.77 bits per heavy atom. The fourth-order valence-corrected chi connectivity index (χ4v) is 2.33. The van der Waals surface area contributed by atoms with Crippen LogP contribution in [0.1, 0.15) is 16.1 Å². The SMILES string of the molecule is CN(C)C(=O)n1c(C(=O)c2ccccc2)cc2cccnc21. The van der Waals surface area contributed by atoms with Gasteiger partial charge in [-0.15, -0.1) is 0 Å². The van der Waals surface area contributed by atoms with Gasteiger partial charge in [-0.1, -0.05) is 30.3 Å². The normalized spacial score (nSPS) is 10.6. The Bertz CT molecular complexity index is 851. The van der Waals surface area contributed by atoms with E-state index in [1.54, 1.807) is 56.7 Å². The van der Waals surface area contributed by atoms with Crippen molar-refractivity contribution < 1.29 is 9.59 Å². The van der Waals surface area contributed by atoms with E-state index < -0.39 is 0 Å². The second-order valence-corrected chi connectivity index (χ2v) is 5.15. The molecule has 110 valence electrons. The zero-order valence-electron chi connectivity index (χ0n) is 12.4. The molecule has 0 unspecified atom stereocenters. The van der Waals surface area contributed by atoms with Crippen molar-refractivity contribution >= 4 is 22.8 Å². The lowest BCUT2D eigenvalue weighted by Crippen LogP contribution is -2.29. The van der Waals surface area contributed by atoms with E-state index in [1.165, 1.54) is 9.47 Å². The fraction of sp³-hybridized carbons (Fsp3) is 0.118. The van der Waals surface area contributed by atoms with Crippen LogP contribution < -0.4 is 0 Å². The number of fused-ring (bicyclic) bond motifs is 1. The molecule has 0 N–H and O–H groups in total. The van der Waals surface area contributed by atoms with Crippen molar-refractivity contribution in [3.63, 3.8) is 0 Å². The van der Waals surface area contributed by atoms with Crippen LogP contribution in [0.25, 0.3) is 11.0 Å². The highest BCUT2D eigenvalue weighted by Crippen LogP contribution is 2.21. The fourth-order valence-electron chi connectivity index (χ4n) is 2.33. The summed E-state index contributed by atoms with van der Waals surface area (Å²) < 4.78 is 1.37. The van der Waals surface area contributed by atoms with Gasteiger partial charge in [-0.3, -0.25) is 4.79 Å². The Morgan fingerprint density at radius 3 is 2.45 bits per heavy atom. The minimum atomic E-state index is -0.298. The van der Waals surface area contributed by atoms with Crippen LogP contribution in [0.15, 0.2) is 54.7 Å². The van der Waals surface area contributed by atoms with Crippen LogP contribution in [0.5, 0.6) is 0 Å². The van der Waals surface area contributed by atoms with Crippen molar-refractivity contribution in [1.82, 2.24) is 14.5 Å². The van der Waals surface area contributed by atoms with E-state index in [9.17, 15) is 9.59 Å². The van der Waals surface area contributed by atoms with Gasteiger partial charge in [0, 0.05) is 31.2 Å². The molecule has 0 saturated carbocycles. The molecule has 0 aliphatic carbocycles. The van der Waals surface area contributed by atoms with Crippen LogP contribution in [0.4, 0.5) is 4.79 Å². The minimum Gasteiger partial charge on any atom is -0.330 e. The molecule has 0 bridgehead atoms. The third-order valence-corrected chi connectivity index (χ3v) is 3.40. The average molecular weight is 293 g/mol. The Labute approximate surface area is 127 Å². The Balaban J connectivity index is 2.23. The van der Waals surface area contributed by atoms with Gasteiger partial charge in [-0.25, -0.2) is 14.3 Å². The molecular weight excluding hydrogens is 278 g/mol. The molecule has 0 fully saturated rings. The van der Waals surface area contributed by atoms with Crippen molar-refractivity contribution in [3.05, 3.63) is 66.0 Å². The third kappa shape index (κ3) is 2.26. The summed E-state index contributed by atoms with van der Waals surface area (Å²) in [6.07, 6.45) is 1.61. The number of pyridine rings is 1. The second-order valence-electron chi connectivity index (χ2n) is 5.15. The van der Waals surface area contributed by atoms with E-state index in [2.05, 4.69) is 4.98 Å². The number of rotatable bonds is 2. The van der Waals surface area contributed by atoms with Gasteiger partial charge in [0.2, 0.25) is 5.78 Å². The zero-order chi connectivity index (χ0) is 15.7. The number of amides is 1. The van der Waals surface area contributed by atoms with E-state index in [1.807, 2.05) is 12.1 Å². The molecule has 0 saturated heterocycles. The van der Waals surface area contributed by atoms with Crippen molar-refractivity contribution in [2.45, 2.75) is 0 Å². The number of aromatic nitrogens is 2. The molecular formula is C17H15N3O2. The molecule has 1 aromatic carbocycles. The minimum absolute atomic E-state index is 0.200. The zero-order valence-corrected chi connectivity index (χ0v) is 12.4. The van der Waals surface area contributed by atoms with Crippen molar-refractivity contribution in [2.24, 2.45) is 0 Å². The summed E-state index contributed by atoms with van der Waals surface area (Å²) >= 11 is 0. The highest BCUT2D eigenvalue weighted by Gasteiger charge is 2.22. The molecule has 0 aliphatic heterocycles. The number of nitrogens with zero attached hydrogens (tertiary/aromatic N) is 3. The predicted molar refractivity (Wildman–Crippen MR) is 84.1 cm³/mol. The summed E-state index contributed by atoms with van der Waals surface area (Å²) in [5.74, 6) is -0.200. The van der Waals surface area contributed by atoms with Gasteiger partial charge in [-0.05, 0) is 18.2 Å². The van der Waals surface area contributed by atoms with Crippen LogP contribution in [-0.4, -0.2) is 40.4 Å². The maximum absolute atomic E-state index is 12.7. The van der Waals surface area contributed by atoms with Gasteiger partial charge in [0.1, 0.15) is 11.3 Å². The molecule has 1 amide bonds. The summed E-state index contributed by atoms with van der Waals surface area (Å²) in [6, 6.07) is 13.9. The van der Waals surface area contributed by atoms with E-state index in [4.69, 9.17) is 0 Å². The number of carbonyl (C=O) groups is 2. The molecule has 0 spiro atoms. The smallest absolute Gasteiger partial charge is 0.329 e. The predicted octanol–water partition coefficient (Wildman–Crippen LogP) is 2.80. The largest absolute Gasteiger partial charge is 0.330 e. The first-order valence-corrected chi connectivity index (χ1v) is 6.87. The number of ketones is 1. The first kappa shape index (κ1) is 14.0. The highest BCUT2D eigenvalue weighted by molar-refractivity contribution is 6.12. The van der Waals surface area contributed by atoms with Gasteiger partial charge in [-0.2, -0.15) is 0 Å². The highest BCUT2D eigenvalue weighted by atomic mass is 16.2. The summed E-state index contributed by atoms with van der Waals surface area (Å²) in [7, 11) is 3.29. The van der Waals surface area contributed by atoms with Crippen molar-refractivity contribution in [1.29, 1.82) is 0 Å².